The molecule has 1 atom stereocenters. The molecule has 0 bridgehead atoms. The van der Waals surface area contributed by atoms with Gasteiger partial charge in [0.05, 0.1) is 0 Å². The molecular weight excluding hydrogens is 713 g/mol. The van der Waals surface area contributed by atoms with Crippen molar-refractivity contribution < 1.29 is 4.79 Å². The van der Waals surface area contributed by atoms with Crippen LogP contribution in [0.4, 0.5) is 11.4 Å². The summed E-state index contributed by atoms with van der Waals surface area (Å²) in [4.78, 5) is 19.7. The first-order chi connectivity index (χ1) is 27.5. The predicted octanol–water partition coefficient (Wildman–Crippen LogP) is 13.9. The third-order valence-electron chi connectivity index (χ3n) is 11.2. The molecule has 3 heterocycles. The van der Waals surface area contributed by atoms with Gasteiger partial charge in [-0.2, -0.15) is 0 Å². The van der Waals surface area contributed by atoms with Gasteiger partial charge in [-0.05, 0) is 84.4 Å². The number of carbonyl (C=O) groups is 1. The van der Waals surface area contributed by atoms with Gasteiger partial charge in [-0.15, -0.1) is 24.6 Å². The zero-order chi connectivity index (χ0) is 42.3. The van der Waals surface area contributed by atoms with Crippen molar-refractivity contribution in [2.24, 2.45) is 5.92 Å². The minimum atomic E-state index is -0.0719. The van der Waals surface area contributed by atoms with Crippen LogP contribution in [-0.2, 0) is 15.6 Å². The fourth-order valence-corrected chi connectivity index (χ4v) is 8.74. The summed E-state index contributed by atoms with van der Waals surface area (Å²) in [5.74, 6) is 1.13. The van der Waals surface area contributed by atoms with Crippen molar-refractivity contribution in [3.63, 3.8) is 0 Å². The first-order valence-electron chi connectivity index (χ1n) is 20.6. The van der Waals surface area contributed by atoms with Gasteiger partial charge in [-0.3, -0.25) is 4.79 Å². The van der Waals surface area contributed by atoms with Crippen LogP contribution < -0.4 is 9.80 Å². The molecule has 0 aromatic heterocycles. The second-order valence-corrected chi connectivity index (χ2v) is 15.9. The summed E-state index contributed by atoms with van der Waals surface area (Å²) in [5.41, 5.74) is 11.4. The lowest BCUT2D eigenvalue weighted by Gasteiger charge is -2.46. The number of para-hydroxylation sites is 2. The summed E-state index contributed by atoms with van der Waals surface area (Å²) in [6.07, 6.45) is 34.5. The van der Waals surface area contributed by atoms with Crippen molar-refractivity contribution in [1.29, 1.82) is 0 Å². The van der Waals surface area contributed by atoms with Gasteiger partial charge in [0.25, 0.3) is 0 Å². The average molecular weight is 779 g/mol. The molecule has 3 nitrogen and oxygen atoms in total. The van der Waals surface area contributed by atoms with E-state index in [1.807, 2.05) is 33.8 Å². The van der Waals surface area contributed by atoms with Crippen molar-refractivity contribution in [1.82, 2.24) is 0 Å². The number of Topliss-reactive ketones (excluding diaryl/α,β-unsaturated/α-hetero) is 1. The standard InChI is InChI=1S/C47H52N2OS.2C2H6.C2H2/c1-9-11-19-36-31-49(43-24-16-14-21-40(43)47(36,7)8)37-27-26-35-32-51-44(33(3)45(50)38(35)29-28-37)25-17-18-30-48-41(22-12-10-2)34(4)46(5,6)39-20-13-15-23-42(39)48;3*1-2/h9-25,27-29,34H,3,26,30-32H2,1-2,4-8H3;2*1-2H3;1-2H/b11-9-,12-10-,18-17-,36-19+,41-22+,44-25+;;;. The van der Waals surface area contributed by atoms with E-state index in [2.05, 4.69) is 193 Å². The number of ketones is 1. The lowest BCUT2D eigenvalue weighted by Crippen LogP contribution is -2.42. The Balaban J connectivity index is 0.00000138. The number of thioether (sulfide) groups is 1. The summed E-state index contributed by atoms with van der Waals surface area (Å²) in [5, 5.41) is 0. The normalized spacial score (nSPS) is 21.8. The molecule has 0 saturated heterocycles. The second kappa shape index (κ2) is 21.5. The number of allylic oxidation sites excluding steroid dienone is 14. The van der Waals surface area contributed by atoms with Crippen molar-refractivity contribution in [3.8, 4) is 12.8 Å². The fourth-order valence-electron chi connectivity index (χ4n) is 7.69. The molecule has 2 aromatic carbocycles. The molecule has 3 aliphatic heterocycles. The molecule has 1 unspecified atom stereocenters. The van der Waals surface area contributed by atoms with Crippen LogP contribution >= 0.6 is 11.8 Å². The van der Waals surface area contributed by atoms with E-state index in [9.17, 15) is 4.79 Å². The number of fused-ring (bicyclic) bond motifs is 2. The Morgan fingerprint density at radius 3 is 2.12 bits per heavy atom. The Morgan fingerprint density at radius 1 is 0.842 bits per heavy atom. The summed E-state index contributed by atoms with van der Waals surface area (Å²) in [6, 6.07) is 17.5. The Morgan fingerprint density at radius 2 is 1.46 bits per heavy atom. The van der Waals surface area contributed by atoms with Crippen LogP contribution in [-0.4, -0.2) is 24.6 Å². The van der Waals surface area contributed by atoms with Crippen LogP contribution in [0.3, 0.4) is 0 Å². The molecule has 4 aliphatic rings. The summed E-state index contributed by atoms with van der Waals surface area (Å²) in [6.45, 7) is 29.6. The van der Waals surface area contributed by atoms with E-state index in [4.69, 9.17) is 0 Å². The number of benzene rings is 2. The average Bonchev–Trinajstić information content (AvgIpc) is 3.51. The van der Waals surface area contributed by atoms with Gasteiger partial charge in [0.2, 0.25) is 0 Å². The maximum atomic E-state index is 14.0. The first kappa shape index (κ1) is 46.4. The lowest BCUT2D eigenvalue weighted by molar-refractivity contribution is -0.111. The van der Waals surface area contributed by atoms with Gasteiger partial charge >= 0.3 is 0 Å². The molecule has 300 valence electrons. The number of hydrogen-bond donors (Lipinski definition) is 0. The number of nitrogens with zero attached hydrogens (tertiary/aromatic N) is 2. The van der Waals surface area contributed by atoms with Crippen molar-refractivity contribution >= 4 is 28.9 Å². The van der Waals surface area contributed by atoms with E-state index in [1.54, 1.807) is 11.8 Å². The van der Waals surface area contributed by atoms with Crippen molar-refractivity contribution in [2.45, 2.75) is 93.4 Å². The minimum absolute atomic E-state index is 0.0204. The van der Waals surface area contributed by atoms with Crippen LogP contribution in [0.25, 0.3) is 0 Å². The van der Waals surface area contributed by atoms with Crippen LogP contribution in [0.5, 0.6) is 0 Å². The summed E-state index contributed by atoms with van der Waals surface area (Å²) < 4.78 is 0. The highest BCUT2D eigenvalue weighted by Crippen LogP contribution is 2.48. The van der Waals surface area contributed by atoms with Crippen molar-refractivity contribution in [2.75, 3.05) is 28.6 Å². The van der Waals surface area contributed by atoms with Gasteiger partial charge in [-0.1, -0.05) is 154 Å². The highest BCUT2D eigenvalue weighted by molar-refractivity contribution is 8.03. The number of carbonyl (C=O) groups excluding carboxylic acids is 1. The topological polar surface area (TPSA) is 23.6 Å². The molecule has 0 fully saturated rings. The number of terminal acetylenes is 1. The summed E-state index contributed by atoms with van der Waals surface area (Å²) >= 11 is 1.72. The van der Waals surface area contributed by atoms with E-state index in [0.717, 1.165) is 47.0 Å². The first-order valence-corrected chi connectivity index (χ1v) is 21.6. The summed E-state index contributed by atoms with van der Waals surface area (Å²) in [7, 11) is 0. The van der Waals surface area contributed by atoms with E-state index in [-0.39, 0.29) is 16.6 Å². The number of anilines is 2. The molecule has 6 rings (SSSR count). The lowest BCUT2D eigenvalue weighted by atomic mass is 9.69. The quantitative estimate of drug-likeness (QED) is 0.215. The zero-order valence-corrected chi connectivity index (χ0v) is 37.3. The van der Waals surface area contributed by atoms with Crippen molar-refractivity contribution in [3.05, 3.63) is 178 Å². The number of hydrogen-bond acceptors (Lipinski definition) is 4. The highest BCUT2D eigenvalue weighted by atomic mass is 32.2. The maximum absolute atomic E-state index is 14.0. The maximum Gasteiger partial charge on any atom is 0.193 e. The SMILES string of the molecule is C#C.C=C1C(=O)C2=C(CC=C(N3C/C(=C\C=C/C)C(C)(C)c4ccccc43)C=C2)CS/C1=C/C=C\CN1/C(=C/C=C\C)C(C)C(C)(C)c2ccccc21.CC.CC. The Kier molecular flexibility index (Phi) is 17.5. The van der Waals surface area contributed by atoms with E-state index >= 15 is 0 Å². The van der Waals surface area contributed by atoms with Gasteiger partial charge in [0.1, 0.15) is 0 Å². The van der Waals surface area contributed by atoms with E-state index < -0.39 is 0 Å². The Bertz CT molecular complexity index is 2050. The Labute approximate surface area is 350 Å². The molecular formula is C53H66N2OS. The van der Waals surface area contributed by atoms with E-state index in [0.29, 0.717) is 11.5 Å². The third-order valence-corrected chi connectivity index (χ3v) is 12.4. The zero-order valence-electron chi connectivity index (χ0n) is 36.5. The van der Waals surface area contributed by atoms with Gasteiger partial charge in [0.15, 0.2) is 5.78 Å². The molecule has 0 spiro atoms. The minimum Gasteiger partial charge on any atom is -0.341 e. The van der Waals surface area contributed by atoms with Crippen LogP contribution in [0.15, 0.2) is 167 Å². The number of rotatable bonds is 6. The molecule has 2 aromatic rings. The highest BCUT2D eigenvalue weighted by Gasteiger charge is 2.40. The molecule has 1 aliphatic carbocycles. The van der Waals surface area contributed by atoms with Gasteiger partial charge in [0, 0.05) is 69.0 Å². The molecule has 4 heteroatoms. The molecule has 57 heavy (non-hydrogen) atoms. The predicted molar refractivity (Wildman–Crippen MR) is 254 cm³/mol. The smallest absolute Gasteiger partial charge is 0.193 e. The van der Waals surface area contributed by atoms with Crippen LogP contribution in [0, 0.1) is 18.8 Å². The fraction of sp³-hybridized carbons (Fsp3) is 0.340. The van der Waals surface area contributed by atoms with E-state index in [1.165, 1.54) is 33.8 Å². The second-order valence-electron chi connectivity index (χ2n) is 14.9. The Hall–Kier alpha value is -4.98. The van der Waals surface area contributed by atoms with Gasteiger partial charge in [-0.25, -0.2) is 0 Å². The molecule has 0 N–H and O–H groups in total. The van der Waals surface area contributed by atoms with Crippen LogP contribution in [0.2, 0.25) is 0 Å². The molecule has 0 radical (unpaired) electrons. The third kappa shape index (κ3) is 9.95. The van der Waals surface area contributed by atoms with Gasteiger partial charge < -0.3 is 9.80 Å². The largest absolute Gasteiger partial charge is 0.341 e. The monoisotopic (exact) mass is 778 g/mol. The molecule has 0 saturated carbocycles. The molecule has 0 amide bonds. The van der Waals surface area contributed by atoms with Crippen LogP contribution in [0.1, 0.15) is 93.7 Å².